The van der Waals surface area contributed by atoms with Gasteiger partial charge in [0.25, 0.3) is 0 Å². The Labute approximate surface area is 147 Å². The molecule has 2 aliphatic heterocycles. The molecule has 4 rings (SSSR count). The van der Waals surface area contributed by atoms with Crippen molar-refractivity contribution in [3.63, 3.8) is 0 Å². The van der Waals surface area contributed by atoms with Crippen LogP contribution in [0, 0.1) is 11.7 Å². The first kappa shape index (κ1) is 16.4. The van der Waals surface area contributed by atoms with Gasteiger partial charge in [0.05, 0.1) is 12.6 Å². The number of hydrogen-bond donors (Lipinski definition) is 0. The van der Waals surface area contributed by atoms with Gasteiger partial charge in [0.1, 0.15) is 5.82 Å². The average Bonchev–Trinajstić information content (AvgIpc) is 3.33. The maximum Gasteiger partial charge on any atom is 0.245 e. The number of halogens is 1. The van der Waals surface area contributed by atoms with Gasteiger partial charge in [-0.15, -0.1) is 0 Å². The molecule has 0 spiro atoms. The molecule has 1 aromatic heterocycles. The Bertz CT molecular complexity index is 675. The van der Waals surface area contributed by atoms with Gasteiger partial charge >= 0.3 is 0 Å². The van der Waals surface area contributed by atoms with E-state index >= 15 is 0 Å². The summed E-state index contributed by atoms with van der Waals surface area (Å²) in [5.74, 6) is 1.30. The number of tetrazole rings is 1. The van der Waals surface area contributed by atoms with Gasteiger partial charge in [0.2, 0.25) is 5.95 Å². The third kappa shape index (κ3) is 3.81. The highest BCUT2D eigenvalue weighted by Crippen LogP contribution is 2.30. The summed E-state index contributed by atoms with van der Waals surface area (Å²) in [5.41, 5.74) is 1.08. The van der Waals surface area contributed by atoms with E-state index in [1.54, 1.807) is 0 Å². The van der Waals surface area contributed by atoms with Crippen molar-refractivity contribution in [2.24, 2.45) is 5.92 Å². The molecule has 0 N–H and O–H groups in total. The van der Waals surface area contributed by atoms with E-state index in [-0.39, 0.29) is 5.82 Å². The predicted molar refractivity (Wildman–Crippen MR) is 91.8 cm³/mol. The minimum absolute atomic E-state index is 0.207. The monoisotopic (exact) mass is 345 g/mol. The maximum atomic E-state index is 13.0. The Balaban J connectivity index is 1.34. The summed E-state index contributed by atoms with van der Waals surface area (Å²) in [5, 5.41) is 12.2. The van der Waals surface area contributed by atoms with Gasteiger partial charge < -0.3 is 9.64 Å². The molecule has 6 nitrogen and oxygen atoms in total. The Morgan fingerprint density at radius 3 is 2.64 bits per heavy atom. The van der Waals surface area contributed by atoms with Crippen molar-refractivity contribution >= 4 is 5.95 Å². The second kappa shape index (κ2) is 7.47. The summed E-state index contributed by atoms with van der Waals surface area (Å²) in [6.45, 7) is 3.56. The molecule has 2 aliphatic rings. The zero-order valence-corrected chi connectivity index (χ0v) is 14.4. The van der Waals surface area contributed by atoms with Crippen LogP contribution in [0.5, 0.6) is 0 Å². The van der Waals surface area contributed by atoms with E-state index in [2.05, 4.69) is 20.4 Å². The zero-order chi connectivity index (χ0) is 17.1. The fourth-order valence-corrected chi connectivity index (χ4v) is 3.90. The lowest BCUT2D eigenvalue weighted by atomic mass is 9.90. The molecule has 0 radical (unpaired) electrons. The SMILES string of the molecule is Fc1ccc(CCn2nnnc2N2CCC(C3CCCO3)CC2)cc1. The summed E-state index contributed by atoms with van der Waals surface area (Å²) >= 11 is 0. The van der Waals surface area contributed by atoms with E-state index in [0.717, 1.165) is 50.5 Å². The van der Waals surface area contributed by atoms with Crippen LogP contribution in [0.15, 0.2) is 24.3 Å². The van der Waals surface area contributed by atoms with Gasteiger partial charge in [-0.05, 0) is 66.1 Å². The van der Waals surface area contributed by atoms with Crippen molar-refractivity contribution in [1.29, 1.82) is 0 Å². The van der Waals surface area contributed by atoms with Crippen LogP contribution in [-0.2, 0) is 17.7 Å². The summed E-state index contributed by atoms with van der Waals surface area (Å²) in [6.07, 6.45) is 5.92. The van der Waals surface area contributed by atoms with Crippen molar-refractivity contribution in [2.75, 3.05) is 24.6 Å². The van der Waals surface area contributed by atoms with E-state index in [1.165, 1.54) is 25.0 Å². The highest BCUT2D eigenvalue weighted by atomic mass is 19.1. The van der Waals surface area contributed by atoms with E-state index in [9.17, 15) is 4.39 Å². The first-order chi connectivity index (χ1) is 12.3. The lowest BCUT2D eigenvalue weighted by molar-refractivity contribution is 0.0530. The minimum atomic E-state index is -0.207. The smallest absolute Gasteiger partial charge is 0.245 e. The second-order valence-electron chi connectivity index (χ2n) is 6.95. The first-order valence-corrected chi connectivity index (χ1v) is 9.17. The molecule has 2 saturated heterocycles. The molecule has 1 unspecified atom stereocenters. The lowest BCUT2D eigenvalue weighted by Crippen LogP contribution is -2.39. The molecule has 3 heterocycles. The van der Waals surface area contributed by atoms with E-state index < -0.39 is 0 Å². The van der Waals surface area contributed by atoms with Crippen LogP contribution >= 0.6 is 0 Å². The fourth-order valence-electron chi connectivity index (χ4n) is 3.90. The number of piperidine rings is 1. The molecule has 1 aromatic carbocycles. The first-order valence-electron chi connectivity index (χ1n) is 9.17. The number of rotatable bonds is 5. The molecule has 7 heteroatoms. The van der Waals surface area contributed by atoms with Gasteiger partial charge in [0.15, 0.2) is 0 Å². The average molecular weight is 345 g/mol. The number of anilines is 1. The fraction of sp³-hybridized carbons (Fsp3) is 0.611. The number of hydrogen-bond acceptors (Lipinski definition) is 5. The molecule has 25 heavy (non-hydrogen) atoms. The summed E-state index contributed by atoms with van der Waals surface area (Å²) < 4.78 is 20.7. The third-order valence-corrected chi connectivity index (χ3v) is 5.35. The van der Waals surface area contributed by atoms with Crippen LogP contribution in [0.2, 0.25) is 0 Å². The van der Waals surface area contributed by atoms with Crippen LogP contribution in [0.4, 0.5) is 10.3 Å². The number of benzene rings is 1. The summed E-state index contributed by atoms with van der Waals surface area (Å²) in [6, 6.07) is 6.61. The van der Waals surface area contributed by atoms with Gasteiger partial charge in [-0.1, -0.05) is 17.2 Å². The maximum absolute atomic E-state index is 13.0. The van der Waals surface area contributed by atoms with E-state index in [1.807, 2.05) is 16.8 Å². The second-order valence-corrected chi connectivity index (χ2v) is 6.95. The van der Waals surface area contributed by atoms with Gasteiger partial charge in [-0.2, -0.15) is 0 Å². The minimum Gasteiger partial charge on any atom is -0.378 e. The number of aryl methyl sites for hydroxylation is 2. The Morgan fingerprint density at radius 2 is 1.92 bits per heavy atom. The standard InChI is InChI=1S/C18H24FN5O/c19-16-5-3-14(4-6-16)7-12-24-18(20-21-22-24)23-10-8-15(9-11-23)17-2-1-13-25-17/h3-6,15,17H,1-2,7-13H2. The van der Waals surface area contributed by atoms with Crippen molar-refractivity contribution in [3.05, 3.63) is 35.6 Å². The molecule has 2 aromatic rings. The third-order valence-electron chi connectivity index (χ3n) is 5.35. The quantitative estimate of drug-likeness (QED) is 0.833. The molecule has 2 fully saturated rings. The van der Waals surface area contributed by atoms with Crippen molar-refractivity contribution < 1.29 is 9.13 Å². The zero-order valence-electron chi connectivity index (χ0n) is 14.4. The van der Waals surface area contributed by atoms with Gasteiger partial charge in [0, 0.05) is 19.7 Å². The van der Waals surface area contributed by atoms with E-state index in [4.69, 9.17) is 4.74 Å². The van der Waals surface area contributed by atoms with Gasteiger partial charge in [-0.25, -0.2) is 9.07 Å². The molecule has 0 bridgehead atoms. The van der Waals surface area contributed by atoms with Crippen LogP contribution in [0.25, 0.3) is 0 Å². The number of ether oxygens (including phenoxy) is 1. The molecule has 0 amide bonds. The van der Waals surface area contributed by atoms with Crippen LogP contribution in [0.3, 0.4) is 0 Å². The largest absolute Gasteiger partial charge is 0.378 e. The van der Waals surface area contributed by atoms with Crippen molar-refractivity contribution in [1.82, 2.24) is 20.2 Å². The normalized spacial score (nSPS) is 21.8. The van der Waals surface area contributed by atoms with Gasteiger partial charge in [-0.3, -0.25) is 0 Å². The predicted octanol–water partition coefficient (Wildman–Crippen LogP) is 2.45. The Hall–Kier alpha value is -2.02. The van der Waals surface area contributed by atoms with Crippen molar-refractivity contribution in [2.45, 2.75) is 44.8 Å². The highest BCUT2D eigenvalue weighted by molar-refractivity contribution is 5.29. The lowest BCUT2D eigenvalue weighted by Gasteiger charge is -2.34. The summed E-state index contributed by atoms with van der Waals surface area (Å²) in [4.78, 5) is 2.27. The van der Waals surface area contributed by atoms with Crippen LogP contribution in [0.1, 0.15) is 31.2 Å². The Kier molecular flexibility index (Phi) is 4.92. The Morgan fingerprint density at radius 1 is 1.12 bits per heavy atom. The van der Waals surface area contributed by atoms with Crippen LogP contribution < -0.4 is 4.90 Å². The molecule has 1 atom stereocenters. The van der Waals surface area contributed by atoms with Crippen molar-refractivity contribution in [3.8, 4) is 0 Å². The molecule has 0 saturated carbocycles. The summed E-state index contributed by atoms with van der Waals surface area (Å²) in [7, 11) is 0. The molecule has 0 aliphatic carbocycles. The molecule has 134 valence electrons. The number of aromatic nitrogens is 4. The van der Waals surface area contributed by atoms with E-state index in [0.29, 0.717) is 18.6 Å². The highest BCUT2D eigenvalue weighted by Gasteiger charge is 2.30. The topological polar surface area (TPSA) is 56.1 Å². The molecular weight excluding hydrogens is 321 g/mol. The number of nitrogens with zero attached hydrogens (tertiary/aromatic N) is 5. The van der Waals surface area contributed by atoms with Crippen LogP contribution in [-0.4, -0.2) is 46.0 Å². The molecular formula is C18H24FN5O.